The molecule has 0 spiro atoms. The first-order chi connectivity index (χ1) is 10.7. The summed E-state index contributed by atoms with van der Waals surface area (Å²) in [5, 5.41) is 2.82. The van der Waals surface area contributed by atoms with Crippen molar-refractivity contribution < 1.29 is 13.2 Å². The van der Waals surface area contributed by atoms with Gasteiger partial charge in [0.1, 0.15) is 0 Å². The highest BCUT2D eigenvalue weighted by atomic mass is 32.2. The van der Waals surface area contributed by atoms with E-state index in [1.54, 1.807) is 13.0 Å². The Labute approximate surface area is 139 Å². The predicted octanol–water partition coefficient (Wildman–Crippen LogP) is 2.85. The van der Waals surface area contributed by atoms with E-state index >= 15 is 0 Å². The fraction of sp³-hybridized carbons (Fsp3) is 0.588. The molecule has 0 fully saturated rings. The zero-order valence-electron chi connectivity index (χ0n) is 14.6. The molecular weight excluding hydrogens is 312 g/mol. The first-order valence-corrected chi connectivity index (χ1v) is 9.56. The summed E-state index contributed by atoms with van der Waals surface area (Å²) in [4.78, 5) is 12.4. The Balaban J connectivity index is 3.02. The maximum Gasteiger partial charge on any atom is 0.251 e. The smallest absolute Gasteiger partial charge is 0.251 e. The van der Waals surface area contributed by atoms with Gasteiger partial charge >= 0.3 is 0 Å². The minimum Gasteiger partial charge on any atom is -0.352 e. The Hall–Kier alpha value is -1.40. The highest BCUT2D eigenvalue weighted by Gasteiger charge is 2.20. The van der Waals surface area contributed by atoms with Gasteiger partial charge in [0.15, 0.2) is 0 Å². The van der Waals surface area contributed by atoms with E-state index < -0.39 is 10.0 Å². The van der Waals surface area contributed by atoms with Crippen LogP contribution in [0.25, 0.3) is 0 Å². The summed E-state index contributed by atoms with van der Waals surface area (Å²) in [6.07, 6.45) is 1.67. The molecule has 1 atom stereocenters. The normalized spacial score (nSPS) is 13.1. The Morgan fingerprint density at radius 3 is 2.43 bits per heavy atom. The predicted molar refractivity (Wildman–Crippen MR) is 93.0 cm³/mol. The Bertz CT molecular complexity index is 639. The van der Waals surface area contributed by atoms with Gasteiger partial charge in [-0.3, -0.25) is 4.79 Å². The van der Waals surface area contributed by atoms with Crippen molar-refractivity contribution in [3.63, 3.8) is 0 Å². The second-order valence-electron chi connectivity index (χ2n) is 6.39. The molecule has 0 saturated heterocycles. The molecule has 1 aromatic rings. The zero-order valence-corrected chi connectivity index (χ0v) is 15.5. The number of sulfonamides is 1. The maximum absolute atomic E-state index is 12.4. The van der Waals surface area contributed by atoms with E-state index in [9.17, 15) is 13.2 Å². The summed E-state index contributed by atoms with van der Waals surface area (Å²) in [6.45, 7) is 10.2. The number of hydrogen-bond acceptors (Lipinski definition) is 3. The fourth-order valence-corrected chi connectivity index (χ4v) is 3.53. The fourth-order valence-electron chi connectivity index (χ4n) is 2.23. The average Bonchev–Trinajstić information content (AvgIpc) is 2.44. The molecule has 23 heavy (non-hydrogen) atoms. The Kier molecular flexibility index (Phi) is 7.22. The van der Waals surface area contributed by atoms with E-state index in [1.807, 2.05) is 27.7 Å². The molecule has 0 aliphatic heterocycles. The standard InChI is InChI=1S/C17H28N2O3S/c1-6-7-14(5)19-23(21,22)15-9-8-13(4)16(10-15)17(20)18-11-12(2)3/h8-10,12,14,19H,6-7,11H2,1-5H3,(H,18,20)/t14-/m1/s1. The minimum absolute atomic E-state index is 0.126. The van der Waals surface area contributed by atoms with Gasteiger partial charge in [0, 0.05) is 18.2 Å². The van der Waals surface area contributed by atoms with Crippen molar-refractivity contribution in [1.82, 2.24) is 10.0 Å². The Morgan fingerprint density at radius 2 is 1.87 bits per heavy atom. The van der Waals surface area contributed by atoms with E-state index in [2.05, 4.69) is 10.0 Å². The molecule has 0 aliphatic rings. The number of rotatable bonds is 8. The van der Waals surface area contributed by atoms with E-state index in [0.717, 1.165) is 18.4 Å². The van der Waals surface area contributed by atoms with Crippen molar-refractivity contribution in [3.05, 3.63) is 29.3 Å². The number of amides is 1. The number of aryl methyl sites for hydroxylation is 1. The second kappa shape index (κ2) is 8.45. The molecule has 0 saturated carbocycles. The van der Waals surface area contributed by atoms with Crippen LogP contribution in [0.1, 0.15) is 56.5 Å². The molecule has 1 rings (SSSR count). The van der Waals surface area contributed by atoms with Crippen molar-refractivity contribution in [2.45, 2.75) is 58.4 Å². The lowest BCUT2D eigenvalue weighted by Gasteiger charge is -2.15. The van der Waals surface area contributed by atoms with Crippen molar-refractivity contribution in [2.24, 2.45) is 5.92 Å². The van der Waals surface area contributed by atoms with Crippen LogP contribution in [0.4, 0.5) is 0 Å². The monoisotopic (exact) mass is 340 g/mol. The van der Waals surface area contributed by atoms with Gasteiger partial charge in [0.05, 0.1) is 4.90 Å². The lowest BCUT2D eigenvalue weighted by Crippen LogP contribution is -2.33. The molecule has 0 heterocycles. The molecule has 6 heteroatoms. The van der Waals surface area contributed by atoms with E-state index in [1.165, 1.54) is 12.1 Å². The molecule has 2 N–H and O–H groups in total. The molecule has 0 aromatic heterocycles. The van der Waals surface area contributed by atoms with Crippen molar-refractivity contribution in [2.75, 3.05) is 6.54 Å². The van der Waals surface area contributed by atoms with Crippen LogP contribution in [-0.4, -0.2) is 26.9 Å². The summed E-state index contributed by atoms with van der Waals surface area (Å²) in [5.74, 6) is 0.0950. The van der Waals surface area contributed by atoms with E-state index in [0.29, 0.717) is 18.0 Å². The first-order valence-electron chi connectivity index (χ1n) is 8.08. The van der Waals surface area contributed by atoms with Crippen LogP contribution in [0.15, 0.2) is 23.1 Å². The molecule has 130 valence electrons. The van der Waals surface area contributed by atoms with Crippen molar-refractivity contribution in [3.8, 4) is 0 Å². The topological polar surface area (TPSA) is 75.3 Å². The number of hydrogen-bond donors (Lipinski definition) is 2. The van der Waals surface area contributed by atoms with Crippen LogP contribution in [0.3, 0.4) is 0 Å². The third-order valence-electron chi connectivity index (χ3n) is 3.51. The molecule has 0 aliphatic carbocycles. The summed E-state index contributed by atoms with van der Waals surface area (Å²) >= 11 is 0. The number of carbonyl (C=O) groups excluding carboxylic acids is 1. The highest BCUT2D eigenvalue weighted by Crippen LogP contribution is 2.16. The first kappa shape index (κ1) is 19.6. The Morgan fingerprint density at radius 1 is 1.22 bits per heavy atom. The van der Waals surface area contributed by atoms with Gasteiger partial charge in [-0.25, -0.2) is 13.1 Å². The van der Waals surface area contributed by atoms with Gasteiger partial charge < -0.3 is 5.32 Å². The minimum atomic E-state index is -3.62. The molecule has 0 bridgehead atoms. The quantitative estimate of drug-likeness (QED) is 0.764. The van der Waals surface area contributed by atoms with Gasteiger partial charge in [-0.2, -0.15) is 0 Å². The van der Waals surface area contributed by atoms with Gasteiger partial charge in [0.25, 0.3) is 5.91 Å². The van der Waals surface area contributed by atoms with Gasteiger partial charge in [0.2, 0.25) is 10.0 Å². The average molecular weight is 340 g/mol. The van der Waals surface area contributed by atoms with Crippen molar-refractivity contribution >= 4 is 15.9 Å². The number of benzene rings is 1. The summed E-state index contributed by atoms with van der Waals surface area (Å²) in [7, 11) is -3.62. The number of carbonyl (C=O) groups is 1. The molecule has 1 aromatic carbocycles. The van der Waals surface area contributed by atoms with Gasteiger partial charge in [-0.15, -0.1) is 0 Å². The summed E-state index contributed by atoms with van der Waals surface area (Å²) < 4.78 is 27.5. The summed E-state index contributed by atoms with van der Waals surface area (Å²) in [5.41, 5.74) is 1.16. The van der Waals surface area contributed by atoms with Crippen molar-refractivity contribution in [1.29, 1.82) is 0 Å². The third-order valence-corrected chi connectivity index (χ3v) is 5.10. The SMILES string of the molecule is CCC[C@@H](C)NS(=O)(=O)c1ccc(C)c(C(=O)NCC(C)C)c1. The van der Waals surface area contributed by atoms with Gasteiger partial charge in [-0.05, 0) is 43.9 Å². The number of nitrogens with one attached hydrogen (secondary N) is 2. The van der Waals surface area contributed by atoms with E-state index in [4.69, 9.17) is 0 Å². The van der Waals surface area contributed by atoms with Crippen LogP contribution in [-0.2, 0) is 10.0 Å². The van der Waals surface area contributed by atoms with Gasteiger partial charge in [-0.1, -0.05) is 33.3 Å². The molecular formula is C17H28N2O3S. The highest BCUT2D eigenvalue weighted by molar-refractivity contribution is 7.89. The zero-order chi connectivity index (χ0) is 17.6. The van der Waals surface area contributed by atoms with Crippen LogP contribution in [0, 0.1) is 12.8 Å². The van der Waals surface area contributed by atoms with E-state index in [-0.39, 0.29) is 16.8 Å². The van der Waals surface area contributed by atoms with Crippen LogP contribution >= 0.6 is 0 Å². The molecule has 1 amide bonds. The lowest BCUT2D eigenvalue weighted by atomic mass is 10.1. The molecule has 0 unspecified atom stereocenters. The van der Waals surface area contributed by atoms with Crippen LogP contribution in [0.5, 0.6) is 0 Å². The lowest BCUT2D eigenvalue weighted by molar-refractivity contribution is 0.0948. The van der Waals surface area contributed by atoms with Crippen LogP contribution in [0.2, 0.25) is 0 Å². The molecule has 0 radical (unpaired) electrons. The summed E-state index contributed by atoms with van der Waals surface area (Å²) in [6, 6.07) is 4.52. The van der Waals surface area contributed by atoms with Crippen LogP contribution < -0.4 is 10.0 Å². The largest absolute Gasteiger partial charge is 0.352 e. The second-order valence-corrected chi connectivity index (χ2v) is 8.11. The molecule has 5 nitrogen and oxygen atoms in total. The third kappa shape index (κ3) is 5.95. The maximum atomic E-state index is 12.4.